The van der Waals surface area contributed by atoms with Gasteiger partial charge in [0.25, 0.3) is 0 Å². The Morgan fingerprint density at radius 3 is 3.07 bits per heavy atom. The van der Waals surface area contributed by atoms with Crippen molar-refractivity contribution in [2.45, 2.75) is 25.8 Å². The van der Waals surface area contributed by atoms with E-state index >= 15 is 0 Å². The lowest BCUT2D eigenvalue weighted by Crippen LogP contribution is -2.30. The van der Waals surface area contributed by atoms with Crippen LogP contribution >= 0.6 is 11.3 Å². The van der Waals surface area contributed by atoms with E-state index in [0.717, 1.165) is 25.3 Å². The molecule has 0 radical (unpaired) electrons. The number of hydrogen-bond donors (Lipinski definition) is 1. The minimum absolute atomic E-state index is 0.136. The number of furan rings is 1. The minimum Gasteiger partial charge on any atom is -0.461 e. The van der Waals surface area contributed by atoms with Gasteiger partial charge < -0.3 is 19.2 Å². The molecule has 30 heavy (non-hydrogen) atoms. The summed E-state index contributed by atoms with van der Waals surface area (Å²) in [6, 6.07) is 9.51. The topological polar surface area (TPSA) is 97.3 Å². The fraction of sp³-hybridized carbons (Fsp3) is 0.238. The van der Waals surface area contributed by atoms with Crippen LogP contribution in [0.15, 0.2) is 57.1 Å². The molecule has 0 saturated heterocycles. The molecule has 4 aromatic rings. The zero-order valence-electron chi connectivity index (χ0n) is 16.1. The highest BCUT2D eigenvalue weighted by molar-refractivity contribution is 7.10. The van der Waals surface area contributed by atoms with E-state index in [2.05, 4.69) is 36.8 Å². The van der Waals surface area contributed by atoms with Crippen LogP contribution in [0.4, 0.5) is 11.5 Å². The van der Waals surface area contributed by atoms with Gasteiger partial charge in [0.2, 0.25) is 17.6 Å². The van der Waals surface area contributed by atoms with Crippen LogP contribution in [0.25, 0.3) is 11.6 Å². The monoisotopic (exact) mass is 421 g/mol. The second-order valence-corrected chi connectivity index (χ2v) is 7.98. The molecule has 0 saturated carbocycles. The average molecular weight is 421 g/mol. The summed E-state index contributed by atoms with van der Waals surface area (Å²) in [5.74, 6) is 2.08. The molecule has 4 aromatic heterocycles. The summed E-state index contributed by atoms with van der Waals surface area (Å²) in [6.45, 7) is 1.83. The molecule has 152 valence electrons. The number of anilines is 2. The summed E-state index contributed by atoms with van der Waals surface area (Å²) in [7, 11) is 0. The molecule has 0 atom stereocenters. The summed E-state index contributed by atoms with van der Waals surface area (Å²) in [6.07, 6.45) is 4.86. The highest BCUT2D eigenvalue weighted by atomic mass is 32.1. The highest BCUT2D eigenvalue weighted by Gasteiger charge is 2.18. The van der Waals surface area contributed by atoms with Gasteiger partial charge in [0.1, 0.15) is 5.82 Å². The molecule has 5 rings (SSSR count). The summed E-state index contributed by atoms with van der Waals surface area (Å²) >= 11 is 1.82. The molecule has 9 heteroatoms. The second kappa shape index (κ2) is 8.11. The molecular weight excluding hydrogens is 402 g/mol. The maximum absolute atomic E-state index is 12.3. The van der Waals surface area contributed by atoms with Crippen LogP contribution < -0.4 is 10.2 Å². The third-order valence-corrected chi connectivity index (χ3v) is 5.96. The Kier molecular flexibility index (Phi) is 5.02. The number of aromatic nitrogens is 3. The highest BCUT2D eigenvalue weighted by Crippen LogP contribution is 2.27. The predicted molar refractivity (Wildman–Crippen MR) is 112 cm³/mol. The van der Waals surface area contributed by atoms with Gasteiger partial charge in [0.15, 0.2) is 5.76 Å². The number of fused-ring (bicyclic) bond motifs is 1. The predicted octanol–water partition coefficient (Wildman–Crippen LogP) is 3.92. The van der Waals surface area contributed by atoms with Crippen molar-refractivity contribution in [2.24, 2.45) is 0 Å². The van der Waals surface area contributed by atoms with Crippen molar-refractivity contribution >= 4 is 28.7 Å². The molecule has 0 aliphatic carbocycles. The number of amides is 1. The lowest BCUT2D eigenvalue weighted by atomic mass is 10.1. The smallest absolute Gasteiger partial charge is 0.238 e. The molecule has 5 heterocycles. The van der Waals surface area contributed by atoms with E-state index in [4.69, 9.17) is 8.94 Å². The number of nitrogens with one attached hydrogen (secondary N) is 1. The molecule has 1 amide bonds. The maximum Gasteiger partial charge on any atom is 0.238 e. The van der Waals surface area contributed by atoms with Gasteiger partial charge in [0, 0.05) is 30.8 Å². The summed E-state index contributed by atoms with van der Waals surface area (Å²) in [5, 5.41) is 8.87. The molecule has 1 aliphatic heterocycles. The first-order valence-corrected chi connectivity index (χ1v) is 10.5. The normalized spacial score (nSPS) is 13.3. The van der Waals surface area contributed by atoms with Crippen molar-refractivity contribution < 1.29 is 13.7 Å². The Bertz CT molecular complexity index is 1130. The van der Waals surface area contributed by atoms with Gasteiger partial charge in [0.05, 0.1) is 18.1 Å². The van der Waals surface area contributed by atoms with Crippen LogP contribution in [0.3, 0.4) is 0 Å². The van der Waals surface area contributed by atoms with Gasteiger partial charge in [-0.05, 0) is 47.7 Å². The Morgan fingerprint density at radius 2 is 2.23 bits per heavy atom. The van der Waals surface area contributed by atoms with E-state index in [-0.39, 0.29) is 12.3 Å². The molecule has 0 fully saturated rings. The van der Waals surface area contributed by atoms with Crippen LogP contribution in [0.5, 0.6) is 0 Å². The van der Waals surface area contributed by atoms with E-state index in [9.17, 15) is 4.79 Å². The Morgan fingerprint density at radius 1 is 1.27 bits per heavy atom. The maximum atomic E-state index is 12.3. The third-order valence-electron chi connectivity index (χ3n) is 4.94. The SMILES string of the molecule is O=C(CCc1nc(-c2ccco2)no1)Nc1ccc(N2CCc3sccc3C2)nc1. The van der Waals surface area contributed by atoms with Crippen LogP contribution in [-0.2, 0) is 24.2 Å². The van der Waals surface area contributed by atoms with Crippen molar-refractivity contribution in [1.29, 1.82) is 0 Å². The van der Waals surface area contributed by atoms with Gasteiger partial charge >= 0.3 is 0 Å². The van der Waals surface area contributed by atoms with E-state index in [1.165, 1.54) is 10.4 Å². The summed E-state index contributed by atoms with van der Waals surface area (Å²) in [4.78, 5) is 24.7. The van der Waals surface area contributed by atoms with Gasteiger partial charge in [-0.2, -0.15) is 4.98 Å². The number of pyridine rings is 1. The quantitative estimate of drug-likeness (QED) is 0.504. The van der Waals surface area contributed by atoms with Gasteiger partial charge in [-0.25, -0.2) is 4.98 Å². The van der Waals surface area contributed by atoms with Crippen LogP contribution in [-0.4, -0.2) is 27.6 Å². The summed E-state index contributed by atoms with van der Waals surface area (Å²) < 4.78 is 10.4. The lowest BCUT2D eigenvalue weighted by molar-refractivity contribution is -0.116. The number of carbonyl (C=O) groups excluding carboxylic acids is 1. The number of thiophene rings is 1. The van der Waals surface area contributed by atoms with E-state index in [0.29, 0.717) is 29.6 Å². The zero-order chi connectivity index (χ0) is 20.3. The van der Waals surface area contributed by atoms with Crippen molar-refractivity contribution in [1.82, 2.24) is 15.1 Å². The molecule has 1 N–H and O–H groups in total. The molecule has 0 aromatic carbocycles. The Labute approximate surface area is 176 Å². The minimum atomic E-state index is -0.136. The number of hydrogen-bond acceptors (Lipinski definition) is 8. The fourth-order valence-electron chi connectivity index (χ4n) is 3.40. The number of carbonyl (C=O) groups is 1. The zero-order valence-corrected chi connectivity index (χ0v) is 16.9. The molecule has 0 bridgehead atoms. The number of aryl methyl sites for hydroxylation is 1. The van der Waals surface area contributed by atoms with Gasteiger partial charge in [-0.15, -0.1) is 11.3 Å². The van der Waals surface area contributed by atoms with E-state index in [1.54, 1.807) is 24.6 Å². The Hall–Kier alpha value is -3.46. The number of rotatable bonds is 6. The van der Waals surface area contributed by atoms with Crippen molar-refractivity contribution in [3.8, 4) is 11.6 Å². The molecule has 0 unspecified atom stereocenters. The van der Waals surface area contributed by atoms with Gasteiger partial charge in [-0.3, -0.25) is 4.79 Å². The van der Waals surface area contributed by atoms with Crippen molar-refractivity contribution in [3.05, 3.63) is 64.5 Å². The first kappa shape index (κ1) is 18.6. The van der Waals surface area contributed by atoms with Crippen molar-refractivity contribution in [3.63, 3.8) is 0 Å². The fourth-order valence-corrected chi connectivity index (χ4v) is 4.29. The second-order valence-electron chi connectivity index (χ2n) is 6.98. The number of nitrogens with zero attached hydrogens (tertiary/aromatic N) is 4. The summed E-state index contributed by atoms with van der Waals surface area (Å²) in [5.41, 5.74) is 2.04. The standard InChI is InChI=1S/C21H19N5O3S/c27-19(5-6-20-24-21(25-29-20)16-2-1-10-28-16)23-15-3-4-18(22-12-15)26-9-7-17-14(13-26)8-11-30-17/h1-4,8,10-12H,5-7,9,13H2,(H,23,27). The first-order valence-electron chi connectivity index (χ1n) is 9.67. The first-order chi connectivity index (χ1) is 14.7. The third kappa shape index (κ3) is 3.97. The largest absolute Gasteiger partial charge is 0.461 e. The van der Waals surface area contributed by atoms with Crippen LogP contribution in [0.2, 0.25) is 0 Å². The molecule has 8 nitrogen and oxygen atoms in total. The molecular formula is C21H19N5O3S. The average Bonchev–Trinajstić information content (AvgIpc) is 3.53. The molecule has 0 spiro atoms. The van der Waals surface area contributed by atoms with Crippen LogP contribution in [0, 0.1) is 0 Å². The molecule has 1 aliphatic rings. The Balaban J connectivity index is 1.14. The van der Waals surface area contributed by atoms with E-state index < -0.39 is 0 Å². The van der Waals surface area contributed by atoms with Crippen molar-refractivity contribution in [2.75, 3.05) is 16.8 Å². The lowest BCUT2D eigenvalue weighted by Gasteiger charge is -2.28. The van der Waals surface area contributed by atoms with E-state index in [1.807, 2.05) is 23.5 Å². The van der Waals surface area contributed by atoms with Gasteiger partial charge in [-0.1, -0.05) is 5.16 Å². The van der Waals surface area contributed by atoms with Crippen LogP contribution in [0.1, 0.15) is 22.8 Å².